The molecular weight excluding hydrogens is 260 g/mol. The molecule has 2 unspecified atom stereocenters. The van der Waals surface area contributed by atoms with Gasteiger partial charge in [0.2, 0.25) is 5.91 Å². The molecule has 0 aliphatic heterocycles. The summed E-state index contributed by atoms with van der Waals surface area (Å²) in [7, 11) is 0. The van der Waals surface area contributed by atoms with E-state index < -0.39 is 0 Å². The van der Waals surface area contributed by atoms with Crippen molar-refractivity contribution in [2.75, 3.05) is 0 Å². The molecule has 15 heavy (non-hydrogen) atoms. The number of carbonyl (C=O) groups is 1. The fraction of sp³-hybridized carbons (Fsp3) is 0.667. The topological polar surface area (TPSA) is 70.7 Å². The molecule has 0 aromatic carbocycles. The van der Waals surface area contributed by atoms with E-state index in [0.717, 1.165) is 0 Å². The monoisotopic (exact) mass is 274 g/mol. The van der Waals surface area contributed by atoms with Gasteiger partial charge >= 0.3 is 0 Å². The van der Waals surface area contributed by atoms with E-state index in [1.807, 2.05) is 20.8 Å². The third kappa shape index (κ3) is 3.30. The minimum Gasteiger partial charge on any atom is -0.345 e. The van der Waals surface area contributed by atoms with Crippen molar-refractivity contribution in [3.05, 3.63) is 12.2 Å². The maximum Gasteiger partial charge on any atom is 0.234 e. The average Bonchev–Trinajstić information content (AvgIpc) is 2.68. The van der Waals surface area contributed by atoms with Crippen LogP contribution in [-0.4, -0.2) is 25.9 Å². The average molecular weight is 275 g/mol. The standard InChI is InChI=1S/C9H15BrN4O/c1-5(2)7(10)9(15)13-6(3)8-11-4-12-14-8/h4-7H,1-3H3,(H,13,15)(H,11,12,14). The summed E-state index contributed by atoms with van der Waals surface area (Å²) in [5.74, 6) is 0.882. The molecule has 1 rings (SSSR count). The van der Waals surface area contributed by atoms with E-state index in [2.05, 4.69) is 36.4 Å². The van der Waals surface area contributed by atoms with Crippen molar-refractivity contribution in [3.63, 3.8) is 0 Å². The van der Waals surface area contributed by atoms with E-state index >= 15 is 0 Å². The summed E-state index contributed by atoms with van der Waals surface area (Å²) in [5, 5.41) is 9.29. The van der Waals surface area contributed by atoms with Gasteiger partial charge in [-0.25, -0.2) is 4.98 Å². The fourth-order valence-corrected chi connectivity index (χ4v) is 1.22. The zero-order valence-electron chi connectivity index (χ0n) is 8.99. The predicted molar refractivity (Wildman–Crippen MR) is 60.5 cm³/mol. The van der Waals surface area contributed by atoms with E-state index in [-0.39, 0.29) is 22.7 Å². The summed E-state index contributed by atoms with van der Waals surface area (Å²) in [6.45, 7) is 5.83. The fourth-order valence-electron chi connectivity index (χ4n) is 1.09. The summed E-state index contributed by atoms with van der Waals surface area (Å²) < 4.78 is 0. The van der Waals surface area contributed by atoms with Gasteiger partial charge < -0.3 is 5.32 Å². The molecule has 0 aliphatic carbocycles. The van der Waals surface area contributed by atoms with Crippen molar-refractivity contribution in [2.45, 2.75) is 31.6 Å². The number of aromatic nitrogens is 3. The molecule has 1 heterocycles. The summed E-state index contributed by atoms with van der Waals surface area (Å²) in [4.78, 5) is 15.5. The zero-order chi connectivity index (χ0) is 11.4. The van der Waals surface area contributed by atoms with Crippen LogP contribution in [-0.2, 0) is 4.79 Å². The number of nitrogens with one attached hydrogen (secondary N) is 2. The zero-order valence-corrected chi connectivity index (χ0v) is 10.6. The first kappa shape index (κ1) is 12.2. The Hall–Kier alpha value is -0.910. The van der Waals surface area contributed by atoms with Crippen LogP contribution in [0.15, 0.2) is 6.33 Å². The number of halogens is 1. The van der Waals surface area contributed by atoms with E-state index in [0.29, 0.717) is 5.82 Å². The van der Waals surface area contributed by atoms with Crippen LogP contribution >= 0.6 is 15.9 Å². The lowest BCUT2D eigenvalue weighted by molar-refractivity contribution is -0.121. The van der Waals surface area contributed by atoms with Crippen molar-refractivity contribution in [1.29, 1.82) is 0 Å². The Labute approximate surface area is 97.2 Å². The molecule has 2 N–H and O–H groups in total. The highest BCUT2D eigenvalue weighted by Crippen LogP contribution is 2.14. The number of hydrogen-bond donors (Lipinski definition) is 2. The van der Waals surface area contributed by atoms with Gasteiger partial charge in [0.1, 0.15) is 12.2 Å². The second-order valence-corrected chi connectivity index (χ2v) is 4.73. The molecule has 2 atom stereocenters. The Kier molecular flexibility index (Phi) is 4.26. The van der Waals surface area contributed by atoms with Gasteiger partial charge in [0.25, 0.3) is 0 Å². The highest BCUT2D eigenvalue weighted by atomic mass is 79.9. The van der Waals surface area contributed by atoms with Crippen molar-refractivity contribution in [2.24, 2.45) is 5.92 Å². The molecule has 84 valence electrons. The number of alkyl halides is 1. The number of H-pyrrole nitrogens is 1. The van der Waals surface area contributed by atoms with Crippen LogP contribution in [0, 0.1) is 5.92 Å². The molecular formula is C9H15BrN4O. The van der Waals surface area contributed by atoms with Gasteiger partial charge in [-0.1, -0.05) is 29.8 Å². The van der Waals surface area contributed by atoms with Crippen LogP contribution < -0.4 is 5.32 Å². The molecule has 0 aliphatic rings. The lowest BCUT2D eigenvalue weighted by Crippen LogP contribution is -2.36. The highest BCUT2D eigenvalue weighted by molar-refractivity contribution is 9.10. The molecule has 0 fully saturated rings. The first-order valence-electron chi connectivity index (χ1n) is 4.82. The lowest BCUT2D eigenvalue weighted by atomic mass is 10.1. The van der Waals surface area contributed by atoms with Gasteiger partial charge in [0.15, 0.2) is 0 Å². The minimum atomic E-state index is -0.178. The molecule has 1 aromatic rings. The number of hydrogen-bond acceptors (Lipinski definition) is 3. The maximum absolute atomic E-state index is 11.7. The maximum atomic E-state index is 11.7. The number of carbonyl (C=O) groups excluding carboxylic acids is 1. The van der Waals surface area contributed by atoms with Crippen molar-refractivity contribution in [1.82, 2.24) is 20.5 Å². The molecule has 1 aromatic heterocycles. The third-order valence-corrected chi connectivity index (χ3v) is 3.51. The molecule has 6 heteroatoms. The van der Waals surface area contributed by atoms with Gasteiger partial charge in [-0.05, 0) is 12.8 Å². The second kappa shape index (κ2) is 5.25. The summed E-state index contributed by atoms with van der Waals surface area (Å²) in [6.07, 6.45) is 1.42. The lowest BCUT2D eigenvalue weighted by Gasteiger charge is -2.16. The highest BCUT2D eigenvalue weighted by Gasteiger charge is 2.21. The first-order chi connectivity index (χ1) is 7.02. The summed E-state index contributed by atoms with van der Waals surface area (Å²) in [5.41, 5.74) is 0. The Bertz CT molecular complexity index is 312. The Morgan fingerprint density at radius 3 is 2.67 bits per heavy atom. The molecule has 0 bridgehead atoms. The SMILES string of the molecule is CC(NC(=O)C(Br)C(C)C)c1ncn[nH]1. The predicted octanol–water partition coefficient (Wildman–Crippen LogP) is 1.40. The third-order valence-electron chi connectivity index (χ3n) is 2.04. The Morgan fingerprint density at radius 2 is 2.20 bits per heavy atom. The van der Waals surface area contributed by atoms with E-state index in [1.165, 1.54) is 6.33 Å². The number of amides is 1. The first-order valence-corrected chi connectivity index (χ1v) is 5.73. The van der Waals surface area contributed by atoms with Crippen molar-refractivity contribution >= 4 is 21.8 Å². The van der Waals surface area contributed by atoms with Crippen LogP contribution in [0.5, 0.6) is 0 Å². The van der Waals surface area contributed by atoms with Gasteiger partial charge in [0, 0.05) is 0 Å². The minimum absolute atomic E-state index is 0.0334. The van der Waals surface area contributed by atoms with E-state index in [4.69, 9.17) is 0 Å². The number of nitrogens with zero attached hydrogens (tertiary/aromatic N) is 2. The van der Waals surface area contributed by atoms with Crippen LogP contribution in [0.2, 0.25) is 0 Å². The molecule has 0 saturated carbocycles. The quantitative estimate of drug-likeness (QED) is 0.816. The van der Waals surface area contributed by atoms with Crippen molar-refractivity contribution < 1.29 is 4.79 Å². The van der Waals surface area contributed by atoms with Gasteiger partial charge in [0.05, 0.1) is 10.9 Å². The van der Waals surface area contributed by atoms with Gasteiger partial charge in [-0.15, -0.1) is 0 Å². The number of aromatic amines is 1. The summed E-state index contributed by atoms with van der Waals surface area (Å²) >= 11 is 3.34. The van der Waals surface area contributed by atoms with Gasteiger partial charge in [-0.2, -0.15) is 5.10 Å². The van der Waals surface area contributed by atoms with E-state index in [1.54, 1.807) is 0 Å². The second-order valence-electron chi connectivity index (χ2n) is 3.75. The normalized spacial score (nSPS) is 15.0. The molecule has 5 nitrogen and oxygen atoms in total. The molecule has 0 saturated heterocycles. The van der Waals surface area contributed by atoms with E-state index in [9.17, 15) is 4.79 Å². The summed E-state index contributed by atoms with van der Waals surface area (Å²) in [6, 6.07) is -0.154. The van der Waals surface area contributed by atoms with Crippen molar-refractivity contribution in [3.8, 4) is 0 Å². The van der Waals surface area contributed by atoms with Crippen LogP contribution in [0.25, 0.3) is 0 Å². The largest absolute Gasteiger partial charge is 0.345 e. The Morgan fingerprint density at radius 1 is 1.53 bits per heavy atom. The number of rotatable bonds is 4. The smallest absolute Gasteiger partial charge is 0.234 e. The van der Waals surface area contributed by atoms with Crippen LogP contribution in [0.4, 0.5) is 0 Å². The van der Waals surface area contributed by atoms with Crippen LogP contribution in [0.1, 0.15) is 32.6 Å². The van der Waals surface area contributed by atoms with Crippen LogP contribution in [0.3, 0.4) is 0 Å². The molecule has 0 radical (unpaired) electrons. The molecule has 1 amide bonds. The Balaban J connectivity index is 2.52. The molecule has 0 spiro atoms. The van der Waals surface area contributed by atoms with Gasteiger partial charge in [-0.3, -0.25) is 9.89 Å².